The monoisotopic (exact) mass is 291 g/mol. The summed E-state index contributed by atoms with van der Waals surface area (Å²) >= 11 is 0. The number of aromatic hydroxyl groups is 1. The predicted octanol–water partition coefficient (Wildman–Crippen LogP) is 2.76. The molecule has 1 fully saturated rings. The number of benzene rings is 1. The maximum absolute atomic E-state index is 12.2. The van der Waals surface area contributed by atoms with E-state index in [2.05, 4.69) is 12.2 Å². The van der Waals surface area contributed by atoms with Crippen LogP contribution in [-0.2, 0) is 0 Å². The van der Waals surface area contributed by atoms with Crippen LogP contribution in [0.5, 0.6) is 5.75 Å². The maximum Gasteiger partial charge on any atom is 0.251 e. The summed E-state index contributed by atoms with van der Waals surface area (Å²) in [5, 5.41) is 23.0. The van der Waals surface area contributed by atoms with Crippen LogP contribution in [-0.4, -0.2) is 28.3 Å². The highest BCUT2D eigenvalue weighted by atomic mass is 16.3. The first-order valence-corrected chi connectivity index (χ1v) is 7.74. The molecule has 1 aliphatic carbocycles. The van der Waals surface area contributed by atoms with E-state index in [1.165, 1.54) is 0 Å². The van der Waals surface area contributed by atoms with Crippen LogP contribution in [0.3, 0.4) is 0 Å². The highest BCUT2D eigenvalue weighted by Crippen LogP contribution is 2.33. The molecule has 0 heterocycles. The zero-order valence-corrected chi connectivity index (χ0v) is 12.9. The summed E-state index contributed by atoms with van der Waals surface area (Å²) in [5.41, 5.74) is 0.240. The molecule has 0 radical (unpaired) electrons. The molecule has 1 aromatic carbocycles. The largest absolute Gasteiger partial charge is 0.508 e. The lowest BCUT2D eigenvalue weighted by atomic mass is 9.78. The second kappa shape index (κ2) is 6.48. The number of hydrogen-bond donors (Lipinski definition) is 3. The molecule has 1 aliphatic rings. The highest BCUT2D eigenvalue weighted by molar-refractivity contribution is 5.96. The highest BCUT2D eigenvalue weighted by Gasteiger charge is 2.33. The van der Waals surface area contributed by atoms with Crippen molar-refractivity contribution in [1.29, 1.82) is 0 Å². The van der Waals surface area contributed by atoms with Gasteiger partial charge in [-0.2, -0.15) is 0 Å². The molecule has 0 saturated heterocycles. The SMILES string of the molecule is CCC1CCC(O)(CNC(=O)c2cccc(O)c2C)CC1. The normalized spacial score (nSPS) is 25.6. The molecule has 1 aromatic rings. The van der Waals surface area contributed by atoms with Crippen LogP contribution >= 0.6 is 0 Å². The van der Waals surface area contributed by atoms with Gasteiger partial charge in [0, 0.05) is 17.7 Å². The molecule has 2 rings (SSSR count). The van der Waals surface area contributed by atoms with Crippen LogP contribution < -0.4 is 5.32 Å². The first-order chi connectivity index (χ1) is 9.95. The smallest absolute Gasteiger partial charge is 0.251 e. The number of phenolic OH excluding ortho intramolecular Hbond substituents is 1. The molecule has 1 saturated carbocycles. The average Bonchev–Trinajstić information content (AvgIpc) is 2.49. The first-order valence-electron chi connectivity index (χ1n) is 7.74. The summed E-state index contributed by atoms with van der Waals surface area (Å²) in [6.07, 6.45) is 4.68. The van der Waals surface area contributed by atoms with Gasteiger partial charge in [-0.05, 0) is 50.7 Å². The summed E-state index contributed by atoms with van der Waals surface area (Å²) in [6, 6.07) is 4.90. The van der Waals surface area contributed by atoms with Crippen LogP contribution in [0, 0.1) is 12.8 Å². The minimum absolute atomic E-state index is 0.116. The number of hydrogen-bond acceptors (Lipinski definition) is 3. The van der Waals surface area contributed by atoms with Crippen LogP contribution in [0.1, 0.15) is 54.9 Å². The Morgan fingerprint density at radius 3 is 2.67 bits per heavy atom. The van der Waals surface area contributed by atoms with Crippen molar-refractivity contribution >= 4 is 5.91 Å². The number of rotatable bonds is 4. The summed E-state index contributed by atoms with van der Waals surface area (Å²) < 4.78 is 0. The van der Waals surface area contributed by atoms with Crippen molar-refractivity contribution in [2.45, 2.75) is 51.6 Å². The lowest BCUT2D eigenvalue weighted by Gasteiger charge is -2.35. The number of phenols is 1. The Morgan fingerprint density at radius 1 is 1.38 bits per heavy atom. The van der Waals surface area contributed by atoms with Crippen molar-refractivity contribution in [2.24, 2.45) is 5.92 Å². The van der Waals surface area contributed by atoms with E-state index >= 15 is 0 Å². The average molecular weight is 291 g/mol. The zero-order valence-electron chi connectivity index (χ0n) is 12.9. The second-order valence-corrected chi connectivity index (χ2v) is 6.21. The summed E-state index contributed by atoms with van der Waals surface area (Å²) in [5.74, 6) is 0.577. The van der Waals surface area contributed by atoms with Gasteiger partial charge in [0.2, 0.25) is 0 Å². The van der Waals surface area contributed by atoms with E-state index < -0.39 is 5.60 Å². The van der Waals surface area contributed by atoms with E-state index in [9.17, 15) is 15.0 Å². The van der Waals surface area contributed by atoms with Crippen LogP contribution in [0.4, 0.5) is 0 Å². The van der Waals surface area contributed by atoms with Gasteiger partial charge < -0.3 is 15.5 Å². The minimum atomic E-state index is -0.786. The third kappa shape index (κ3) is 3.76. The third-order valence-corrected chi connectivity index (χ3v) is 4.74. The molecule has 3 N–H and O–H groups in total. The third-order valence-electron chi connectivity index (χ3n) is 4.74. The Morgan fingerprint density at radius 2 is 2.05 bits per heavy atom. The lowest BCUT2D eigenvalue weighted by Crippen LogP contribution is -2.45. The fourth-order valence-corrected chi connectivity index (χ4v) is 3.01. The van der Waals surface area contributed by atoms with Crippen LogP contribution in [0.2, 0.25) is 0 Å². The molecule has 4 heteroatoms. The molecular formula is C17H25NO3. The van der Waals surface area contributed by atoms with Crippen molar-refractivity contribution in [1.82, 2.24) is 5.32 Å². The van der Waals surface area contributed by atoms with Gasteiger partial charge in [0.05, 0.1) is 5.60 Å². The van der Waals surface area contributed by atoms with Gasteiger partial charge >= 0.3 is 0 Å². The van der Waals surface area contributed by atoms with E-state index in [0.717, 1.165) is 32.1 Å². The van der Waals surface area contributed by atoms with Crippen molar-refractivity contribution in [3.63, 3.8) is 0 Å². The number of carbonyl (C=O) groups is 1. The van der Waals surface area contributed by atoms with E-state index in [0.29, 0.717) is 17.0 Å². The Hall–Kier alpha value is -1.55. The second-order valence-electron chi connectivity index (χ2n) is 6.21. The van der Waals surface area contributed by atoms with Gasteiger partial charge in [0.25, 0.3) is 5.91 Å². The van der Waals surface area contributed by atoms with Gasteiger partial charge in [-0.3, -0.25) is 4.79 Å². The van der Waals surface area contributed by atoms with E-state index in [1.54, 1.807) is 25.1 Å². The van der Waals surface area contributed by atoms with Gasteiger partial charge in [-0.1, -0.05) is 19.4 Å². The minimum Gasteiger partial charge on any atom is -0.508 e. The predicted molar refractivity (Wildman–Crippen MR) is 82.4 cm³/mol. The molecule has 21 heavy (non-hydrogen) atoms. The van der Waals surface area contributed by atoms with Crippen molar-refractivity contribution in [3.8, 4) is 5.75 Å². The van der Waals surface area contributed by atoms with Crippen LogP contribution in [0.15, 0.2) is 18.2 Å². The van der Waals surface area contributed by atoms with E-state index in [-0.39, 0.29) is 18.2 Å². The lowest BCUT2D eigenvalue weighted by molar-refractivity contribution is -0.00787. The maximum atomic E-state index is 12.2. The van der Waals surface area contributed by atoms with Crippen molar-refractivity contribution < 1.29 is 15.0 Å². The van der Waals surface area contributed by atoms with Crippen molar-refractivity contribution in [3.05, 3.63) is 29.3 Å². The quantitative estimate of drug-likeness (QED) is 0.799. The number of aliphatic hydroxyl groups is 1. The van der Waals surface area contributed by atoms with Crippen molar-refractivity contribution in [2.75, 3.05) is 6.54 Å². The molecule has 0 aliphatic heterocycles. The molecule has 116 valence electrons. The summed E-state index contributed by atoms with van der Waals surface area (Å²) in [6.45, 7) is 4.17. The first kappa shape index (κ1) is 15.8. The summed E-state index contributed by atoms with van der Waals surface area (Å²) in [4.78, 5) is 12.2. The Kier molecular flexibility index (Phi) is 4.88. The molecule has 0 spiro atoms. The van der Waals surface area contributed by atoms with Crippen LogP contribution in [0.25, 0.3) is 0 Å². The Labute approximate surface area is 126 Å². The molecule has 0 atom stereocenters. The fourth-order valence-electron chi connectivity index (χ4n) is 3.01. The van der Waals surface area contributed by atoms with Gasteiger partial charge in [-0.25, -0.2) is 0 Å². The number of amides is 1. The standard InChI is InChI=1S/C17H25NO3/c1-3-13-7-9-17(21,10-8-13)11-18-16(20)14-5-4-6-15(19)12(14)2/h4-6,13,19,21H,3,7-11H2,1-2H3,(H,18,20). The number of carbonyl (C=O) groups excluding carboxylic acids is 1. The molecule has 0 bridgehead atoms. The molecule has 4 nitrogen and oxygen atoms in total. The number of nitrogens with one attached hydrogen (secondary N) is 1. The Bertz CT molecular complexity index is 505. The Balaban J connectivity index is 1.94. The van der Waals surface area contributed by atoms with Gasteiger partial charge in [0.1, 0.15) is 5.75 Å². The van der Waals surface area contributed by atoms with Gasteiger partial charge in [-0.15, -0.1) is 0 Å². The zero-order chi connectivity index (χ0) is 15.5. The molecule has 1 amide bonds. The summed E-state index contributed by atoms with van der Waals surface area (Å²) in [7, 11) is 0. The van der Waals surface area contributed by atoms with E-state index in [1.807, 2.05) is 0 Å². The van der Waals surface area contributed by atoms with E-state index in [4.69, 9.17) is 0 Å². The molecule has 0 unspecified atom stereocenters. The molecule has 0 aromatic heterocycles. The van der Waals surface area contributed by atoms with Gasteiger partial charge in [0.15, 0.2) is 0 Å². The fraction of sp³-hybridized carbons (Fsp3) is 0.588. The molecular weight excluding hydrogens is 266 g/mol. The topological polar surface area (TPSA) is 69.6 Å².